The van der Waals surface area contributed by atoms with Crippen molar-refractivity contribution >= 4 is 17.6 Å². The predicted molar refractivity (Wildman–Crippen MR) is 92.1 cm³/mol. The second-order valence-corrected chi connectivity index (χ2v) is 5.64. The van der Waals surface area contributed by atoms with Crippen molar-refractivity contribution in [3.05, 3.63) is 65.4 Å². The van der Waals surface area contributed by atoms with Crippen LogP contribution in [0.1, 0.15) is 12.1 Å². The van der Waals surface area contributed by atoms with Crippen LogP contribution in [-0.2, 0) is 16.0 Å². The molecule has 0 saturated carbocycles. The van der Waals surface area contributed by atoms with Crippen LogP contribution in [0.3, 0.4) is 0 Å². The Morgan fingerprint density at radius 1 is 1.21 bits per heavy atom. The monoisotopic (exact) mass is 341 g/mol. The van der Waals surface area contributed by atoms with Crippen molar-refractivity contribution in [2.24, 2.45) is 0 Å². The molecule has 0 amide bonds. The fraction of sp³-hybridized carbons (Fsp3) is 0.167. The van der Waals surface area contributed by atoms with E-state index in [9.17, 15) is 4.79 Å². The fourth-order valence-electron chi connectivity index (χ4n) is 2.37. The maximum Gasteiger partial charge on any atom is 0.305 e. The van der Waals surface area contributed by atoms with Crippen molar-refractivity contribution in [3.8, 4) is 17.1 Å². The van der Waals surface area contributed by atoms with Gasteiger partial charge in [-0.1, -0.05) is 29.8 Å². The summed E-state index contributed by atoms with van der Waals surface area (Å²) in [6, 6.07) is 15.1. The molecule has 2 aromatic heterocycles. The highest BCUT2D eigenvalue weighted by atomic mass is 35.5. The van der Waals surface area contributed by atoms with Crippen molar-refractivity contribution in [1.29, 1.82) is 0 Å². The summed E-state index contributed by atoms with van der Waals surface area (Å²) in [5.74, 6) is 0.453. The molecule has 1 aromatic carbocycles. The van der Waals surface area contributed by atoms with Crippen molar-refractivity contribution in [3.63, 3.8) is 0 Å². The molecule has 0 unspecified atom stereocenters. The summed E-state index contributed by atoms with van der Waals surface area (Å²) in [5, 5.41) is 5.32. The number of carbonyl (C=O) groups excluding carboxylic acids is 1. The second-order valence-electron chi connectivity index (χ2n) is 5.20. The first-order valence-electron chi connectivity index (χ1n) is 7.50. The number of hydrogen-bond donors (Lipinski definition) is 0. The standard InChI is InChI=1S/C18H16ClN3O2/c1-24-18(23)10-9-15-12-16(13-5-7-14(19)8-6-13)21-22(15)17-4-2-3-11-20-17/h2-8,11-12H,9-10H2,1H3. The number of hydrogen-bond acceptors (Lipinski definition) is 4. The lowest BCUT2D eigenvalue weighted by Gasteiger charge is -2.05. The number of nitrogens with zero attached hydrogens (tertiary/aromatic N) is 3. The zero-order valence-corrected chi connectivity index (χ0v) is 13.9. The Labute approximate surface area is 144 Å². The van der Waals surface area contributed by atoms with Gasteiger partial charge in [-0.05, 0) is 30.3 Å². The first kappa shape index (κ1) is 16.2. The third-order valence-electron chi connectivity index (χ3n) is 3.60. The summed E-state index contributed by atoms with van der Waals surface area (Å²) < 4.78 is 6.48. The van der Waals surface area contributed by atoms with Gasteiger partial charge in [0.25, 0.3) is 0 Å². The van der Waals surface area contributed by atoms with Gasteiger partial charge in [0.05, 0.1) is 19.2 Å². The van der Waals surface area contributed by atoms with E-state index >= 15 is 0 Å². The van der Waals surface area contributed by atoms with Crippen molar-refractivity contribution in [2.45, 2.75) is 12.8 Å². The van der Waals surface area contributed by atoms with Crippen molar-refractivity contribution in [2.75, 3.05) is 7.11 Å². The van der Waals surface area contributed by atoms with Gasteiger partial charge in [0.1, 0.15) is 0 Å². The molecule has 0 saturated heterocycles. The van der Waals surface area contributed by atoms with Crippen LogP contribution in [0, 0.1) is 0 Å². The summed E-state index contributed by atoms with van der Waals surface area (Å²) in [5.41, 5.74) is 2.65. The van der Waals surface area contributed by atoms with Crippen LogP contribution in [0.4, 0.5) is 0 Å². The average molecular weight is 342 g/mol. The average Bonchev–Trinajstić information content (AvgIpc) is 3.05. The lowest BCUT2D eigenvalue weighted by molar-refractivity contribution is -0.140. The number of ether oxygens (including phenoxy) is 1. The summed E-state index contributed by atoms with van der Waals surface area (Å²) in [6.45, 7) is 0. The van der Waals surface area contributed by atoms with Crippen LogP contribution >= 0.6 is 11.6 Å². The maximum atomic E-state index is 11.5. The summed E-state index contributed by atoms with van der Waals surface area (Å²) in [6.07, 6.45) is 2.52. The first-order valence-corrected chi connectivity index (χ1v) is 7.88. The number of halogens is 1. The van der Waals surface area contributed by atoms with Crippen LogP contribution < -0.4 is 0 Å². The molecule has 0 spiro atoms. The Kier molecular flexibility index (Phi) is 4.91. The molecule has 0 radical (unpaired) electrons. The van der Waals surface area contributed by atoms with Gasteiger partial charge in [0.2, 0.25) is 0 Å². The Bertz CT molecular complexity index is 829. The second kappa shape index (κ2) is 7.27. The van der Waals surface area contributed by atoms with Gasteiger partial charge in [0, 0.05) is 28.9 Å². The topological polar surface area (TPSA) is 57.0 Å². The van der Waals surface area contributed by atoms with E-state index < -0.39 is 0 Å². The van der Waals surface area contributed by atoms with Crippen LogP contribution in [-0.4, -0.2) is 27.8 Å². The summed E-state index contributed by atoms with van der Waals surface area (Å²) in [4.78, 5) is 15.8. The minimum absolute atomic E-state index is 0.253. The fourth-order valence-corrected chi connectivity index (χ4v) is 2.50. The SMILES string of the molecule is COC(=O)CCc1cc(-c2ccc(Cl)cc2)nn1-c1ccccn1. The minimum atomic E-state index is -0.253. The zero-order chi connectivity index (χ0) is 16.9. The molecule has 6 heteroatoms. The molecular weight excluding hydrogens is 326 g/mol. The molecule has 0 aliphatic carbocycles. The van der Waals surface area contributed by atoms with Gasteiger partial charge in [-0.2, -0.15) is 5.10 Å². The Hall–Kier alpha value is -2.66. The maximum absolute atomic E-state index is 11.5. The van der Waals surface area contributed by atoms with Gasteiger partial charge in [-0.25, -0.2) is 9.67 Å². The molecule has 0 atom stereocenters. The van der Waals surface area contributed by atoms with Crippen LogP contribution in [0.2, 0.25) is 5.02 Å². The van der Waals surface area contributed by atoms with Gasteiger partial charge in [0.15, 0.2) is 5.82 Å². The van der Waals surface area contributed by atoms with Crippen LogP contribution in [0.25, 0.3) is 17.1 Å². The van der Waals surface area contributed by atoms with Crippen LogP contribution in [0.5, 0.6) is 0 Å². The zero-order valence-electron chi connectivity index (χ0n) is 13.1. The molecule has 5 nitrogen and oxygen atoms in total. The molecule has 2 heterocycles. The number of aromatic nitrogens is 3. The molecule has 0 bridgehead atoms. The Balaban J connectivity index is 1.98. The number of aryl methyl sites for hydroxylation is 1. The van der Waals surface area contributed by atoms with E-state index in [0.717, 1.165) is 17.0 Å². The van der Waals surface area contributed by atoms with Crippen molar-refractivity contribution < 1.29 is 9.53 Å². The highest BCUT2D eigenvalue weighted by Gasteiger charge is 2.13. The van der Waals surface area contributed by atoms with Gasteiger partial charge >= 0.3 is 5.97 Å². The summed E-state index contributed by atoms with van der Waals surface area (Å²) in [7, 11) is 1.39. The molecule has 0 aliphatic heterocycles. The van der Waals surface area contributed by atoms with E-state index in [1.807, 2.05) is 48.5 Å². The number of rotatable bonds is 5. The highest BCUT2D eigenvalue weighted by molar-refractivity contribution is 6.30. The number of benzene rings is 1. The summed E-state index contributed by atoms with van der Waals surface area (Å²) >= 11 is 5.95. The number of esters is 1. The van der Waals surface area contributed by atoms with Gasteiger partial charge in [-0.3, -0.25) is 4.79 Å². The van der Waals surface area contributed by atoms with Gasteiger partial charge in [-0.15, -0.1) is 0 Å². The van der Waals surface area contributed by atoms with E-state index in [0.29, 0.717) is 17.3 Å². The van der Waals surface area contributed by atoms with E-state index in [-0.39, 0.29) is 12.4 Å². The van der Waals surface area contributed by atoms with E-state index in [4.69, 9.17) is 16.3 Å². The molecule has 3 aromatic rings. The van der Waals surface area contributed by atoms with Gasteiger partial charge < -0.3 is 4.74 Å². The lowest BCUT2D eigenvalue weighted by atomic mass is 10.1. The Morgan fingerprint density at radius 3 is 2.67 bits per heavy atom. The third kappa shape index (κ3) is 3.63. The minimum Gasteiger partial charge on any atom is -0.469 e. The predicted octanol–water partition coefficient (Wildman–Crippen LogP) is 3.69. The highest BCUT2D eigenvalue weighted by Crippen LogP contribution is 2.23. The Morgan fingerprint density at radius 2 is 2.00 bits per heavy atom. The smallest absolute Gasteiger partial charge is 0.305 e. The van der Waals surface area contributed by atoms with Crippen molar-refractivity contribution in [1.82, 2.24) is 14.8 Å². The molecule has 24 heavy (non-hydrogen) atoms. The van der Waals surface area contributed by atoms with E-state index in [2.05, 4.69) is 10.1 Å². The molecule has 0 fully saturated rings. The number of carbonyl (C=O) groups is 1. The molecule has 0 N–H and O–H groups in total. The number of methoxy groups -OCH3 is 1. The lowest BCUT2D eigenvalue weighted by Crippen LogP contribution is -2.07. The van der Waals surface area contributed by atoms with E-state index in [1.54, 1.807) is 10.9 Å². The molecular formula is C18H16ClN3O2. The third-order valence-corrected chi connectivity index (χ3v) is 3.85. The van der Waals surface area contributed by atoms with E-state index in [1.165, 1.54) is 7.11 Å². The first-order chi connectivity index (χ1) is 11.7. The van der Waals surface area contributed by atoms with Crippen LogP contribution in [0.15, 0.2) is 54.7 Å². The molecule has 122 valence electrons. The largest absolute Gasteiger partial charge is 0.469 e. The number of pyridine rings is 1. The molecule has 0 aliphatic rings. The quantitative estimate of drug-likeness (QED) is 0.664. The normalized spacial score (nSPS) is 10.6. The molecule has 3 rings (SSSR count).